The van der Waals surface area contributed by atoms with Crippen LogP contribution in [-0.4, -0.2) is 31.7 Å². The van der Waals surface area contributed by atoms with Crippen molar-refractivity contribution in [3.8, 4) is 0 Å². The average molecular weight is 596 g/mol. The Kier molecular flexibility index (Phi) is 6.33. The SMILES string of the molecule is O=C(NS(=O)(=O)c1ccc2ccc(I)cc2c1)c1cccc(C(=O)N2CCc3ccccc3C2)c1. The Morgan fingerprint density at radius 2 is 1.54 bits per heavy atom. The number of halogens is 1. The van der Waals surface area contributed by atoms with Gasteiger partial charge in [-0.05, 0) is 93.4 Å². The number of carbonyl (C=O) groups excluding carboxylic acids is 2. The number of carbonyl (C=O) groups is 2. The molecule has 8 heteroatoms. The Morgan fingerprint density at radius 3 is 2.37 bits per heavy atom. The standard InChI is InChI=1S/C27H21IN2O4S/c28-24-10-8-19-9-11-25(16-23(19)15-24)35(33,34)29-26(31)20-6-3-7-21(14-20)27(32)30-13-12-18-4-1-2-5-22(18)17-30/h1-11,14-16H,12-13,17H2,(H,29,31). The minimum absolute atomic E-state index is 0.000405. The monoisotopic (exact) mass is 596 g/mol. The van der Waals surface area contributed by atoms with E-state index in [1.165, 1.54) is 23.8 Å². The minimum Gasteiger partial charge on any atom is -0.334 e. The Labute approximate surface area is 217 Å². The van der Waals surface area contributed by atoms with Crippen LogP contribution in [0.15, 0.2) is 89.8 Å². The lowest BCUT2D eigenvalue weighted by Crippen LogP contribution is -2.36. The van der Waals surface area contributed by atoms with Crippen LogP contribution in [0.3, 0.4) is 0 Å². The second kappa shape index (κ2) is 9.43. The summed E-state index contributed by atoms with van der Waals surface area (Å²) in [4.78, 5) is 27.7. The van der Waals surface area contributed by atoms with Crippen LogP contribution in [0.5, 0.6) is 0 Å². The molecule has 4 aromatic rings. The predicted molar refractivity (Wildman–Crippen MR) is 143 cm³/mol. The smallest absolute Gasteiger partial charge is 0.265 e. The summed E-state index contributed by atoms with van der Waals surface area (Å²) in [5.41, 5.74) is 2.79. The van der Waals surface area contributed by atoms with E-state index in [0.29, 0.717) is 18.7 Å². The Morgan fingerprint density at radius 1 is 0.800 bits per heavy atom. The quantitative estimate of drug-likeness (QED) is 0.345. The lowest BCUT2D eigenvalue weighted by molar-refractivity contribution is 0.0734. The Balaban J connectivity index is 1.35. The molecule has 6 nitrogen and oxygen atoms in total. The Bertz CT molecular complexity index is 1580. The summed E-state index contributed by atoms with van der Waals surface area (Å²) >= 11 is 2.16. The lowest BCUT2D eigenvalue weighted by Gasteiger charge is -2.29. The molecule has 0 radical (unpaired) electrons. The second-order valence-corrected chi connectivity index (χ2v) is 11.3. The number of benzene rings is 4. The van der Waals surface area contributed by atoms with Crippen molar-refractivity contribution < 1.29 is 18.0 Å². The highest BCUT2D eigenvalue weighted by atomic mass is 127. The van der Waals surface area contributed by atoms with Crippen molar-refractivity contribution >= 4 is 55.2 Å². The van der Waals surface area contributed by atoms with E-state index in [1.807, 2.05) is 36.4 Å². The lowest BCUT2D eigenvalue weighted by atomic mass is 9.99. The number of nitrogens with zero attached hydrogens (tertiary/aromatic N) is 1. The minimum atomic E-state index is -4.10. The molecule has 0 fully saturated rings. The molecule has 1 N–H and O–H groups in total. The summed E-state index contributed by atoms with van der Waals surface area (Å²) < 4.78 is 28.9. The van der Waals surface area contributed by atoms with E-state index in [2.05, 4.69) is 33.4 Å². The van der Waals surface area contributed by atoms with Gasteiger partial charge in [0.1, 0.15) is 0 Å². The zero-order valence-electron chi connectivity index (χ0n) is 18.6. The number of amides is 2. The number of sulfonamides is 1. The summed E-state index contributed by atoms with van der Waals surface area (Å²) in [6.07, 6.45) is 0.769. The topological polar surface area (TPSA) is 83.5 Å². The fraction of sp³-hybridized carbons (Fsp3) is 0.111. The highest BCUT2D eigenvalue weighted by Gasteiger charge is 2.23. The van der Waals surface area contributed by atoms with E-state index < -0.39 is 15.9 Å². The highest BCUT2D eigenvalue weighted by molar-refractivity contribution is 14.1. The number of hydrogen-bond donors (Lipinski definition) is 1. The summed E-state index contributed by atoms with van der Waals surface area (Å²) in [5.74, 6) is -0.979. The van der Waals surface area contributed by atoms with Gasteiger partial charge in [-0.3, -0.25) is 9.59 Å². The fourth-order valence-corrected chi connectivity index (χ4v) is 5.77. The molecule has 4 aromatic carbocycles. The van der Waals surface area contributed by atoms with E-state index in [0.717, 1.165) is 26.3 Å². The molecule has 0 spiro atoms. The Hall–Kier alpha value is -3.24. The average Bonchev–Trinajstić information content (AvgIpc) is 2.87. The molecule has 5 rings (SSSR count). The molecule has 0 aliphatic carbocycles. The molecule has 35 heavy (non-hydrogen) atoms. The van der Waals surface area contributed by atoms with Crippen molar-refractivity contribution in [2.24, 2.45) is 0 Å². The zero-order chi connectivity index (χ0) is 24.6. The van der Waals surface area contributed by atoms with Crippen molar-refractivity contribution in [2.75, 3.05) is 6.54 Å². The van der Waals surface area contributed by atoms with Gasteiger partial charge in [0.25, 0.3) is 21.8 Å². The van der Waals surface area contributed by atoms with Crippen molar-refractivity contribution in [1.82, 2.24) is 9.62 Å². The molecule has 0 saturated heterocycles. The van der Waals surface area contributed by atoms with Crippen LogP contribution in [0.25, 0.3) is 10.8 Å². The molecular weight excluding hydrogens is 575 g/mol. The molecule has 2 amide bonds. The van der Waals surface area contributed by atoms with Gasteiger partial charge in [-0.15, -0.1) is 0 Å². The van der Waals surface area contributed by atoms with Gasteiger partial charge in [-0.2, -0.15) is 0 Å². The number of rotatable bonds is 4. The van der Waals surface area contributed by atoms with Crippen molar-refractivity contribution in [3.05, 3.63) is 111 Å². The molecule has 1 aliphatic heterocycles. The number of nitrogens with one attached hydrogen (secondary N) is 1. The second-order valence-electron chi connectivity index (χ2n) is 8.41. The molecule has 176 valence electrons. The van der Waals surface area contributed by atoms with Crippen LogP contribution in [-0.2, 0) is 23.0 Å². The van der Waals surface area contributed by atoms with Gasteiger partial charge in [0.2, 0.25) is 0 Å². The van der Waals surface area contributed by atoms with Gasteiger partial charge in [-0.25, -0.2) is 13.1 Å². The predicted octanol–water partition coefficient (Wildman–Crippen LogP) is 4.76. The van der Waals surface area contributed by atoms with Gasteiger partial charge < -0.3 is 4.90 Å². The first kappa shape index (κ1) is 23.5. The van der Waals surface area contributed by atoms with E-state index in [1.54, 1.807) is 29.2 Å². The van der Waals surface area contributed by atoms with E-state index in [-0.39, 0.29) is 16.4 Å². The van der Waals surface area contributed by atoms with Crippen LogP contribution in [0, 0.1) is 3.57 Å². The van der Waals surface area contributed by atoms with Crippen LogP contribution >= 0.6 is 22.6 Å². The maximum absolute atomic E-state index is 13.1. The van der Waals surface area contributed by atoms with Crippen LogP contribution in [0.1, 0.15) is 31.8 Å². The van der Waals surface area contributed by atoms with Crippen molar-refractivity contribution in [3.63, 3.8) is 0 Å². The molecule has 0 aromatic heterocycles. The van der Waals surface area contributed by atoms with E-state index in [9.17, 15) is 18.0 Å². The summed E-state index contributed by atoms with van der Waals surface area (Å²) in [5, 5.41) is 1.67. The summed E-state index contributed by atoms with van der Waals surface area (Å²) in [6.45, 7) is 1.09. The number of fused-ring (bicyclic) bond motifs is 2. The first-order valence-corrected chi connectivity index (χ1v) is 13.6. The van der Waals surface area contributed by atoms with E-state index in [4.69, 9.17) is 0 Å². The largest absolute Gasteiger partial charge is 0.334 e. The highest BCUT2D eigenvalue weighted by Crippen LogP contribution is 2.23. The third-order valence-corrected chi connectivity index (χ3v) is 8.10. The van der Waals surface area contributed by atoms with Crippen LogP contribution in [0.2, 0.25) is 0 Å². The fourth-order valence-electron chi connectivity index (χ4n) is 4.25. The van der Waals surface area contributed by atoms with Crippen molar-refractivity contribution in [1.29, 1.82) is 0 Å². The molecule has 0 bridgehead atoms. The van der Waals surface area contributed by atoms with Gasteiger partial charge in [0.15, 0.2) is 0 Å². The van der Waals surface area contributed by atoms with Gasteiger partial charge in [-0.1, -0.05) is 42.5 Å². The first-order chi connectivity index (χ1) is 16.8. The van der Waals surface area contributed by atoms with Gasteiger partial charge in [0, 0.05) is 27.8 Å². The van der Waals surface area contributed by atoms with Gasteiger partial charge >= 0.3 is 0 Å². The molecule has 0 unspecified atom stereocenters. The maximum atomic E-state index is 13.1. The maximum Gasteiger partial charge on any atom is 0.265 e. The molecule has 0 saturated carbocycles. The summed E-state index contributed by atoms with van der Waals surface area (Å²) in [6, 6.07) is 24.6. The van der Waals surface area contributed by atoms with Crippen molar-refractivity contribution in [2.45, 2.75) is 17.9 Å². The first-order valence-electron chi connectivity index (χ1n) is 11.0. The van der Waals surface area contributed by atoms with Crippen LogP contribution < -0.4 is 4.72 Å². The number of hydrogen-bond acceptors (Lipinski definition) is 4. The normalized spacial score (nSPS) is 13.3. The summed E-state index contributed by atoms with van der Waals surface area (Å²) in [7, 11) is -4.10. The third-order valence-electron chi connectivity index (χ3n) is 6.10. The molecular formula is C27H21IN2O4S. The molecule has 0 atom stereocenters. The zero-order valence-corrected chi connectivity index (χ0v) is 21.5. The van der Waals surface area contributed by atoms with E-state index >= 15 is 0 Å². The molecule has 1 aliphatic rings. The van der Waals surface area contributed by atoms with Gasteiger partial charge in [0.05, 0.1) is 4.90 Å². The van der Waals surface area contributed by atoms with Crippen LogP contribution in [0.4, 0.5) is 0 Å². The third kappa shape index (κ3) is 4.94. The molecule has 1 heterocycles.